The number of ketones is 2. The number of carboxylic acids is 7. The van der Waals surface area contributed by atoms with Crippen LogP contribution in [-0.4, -0.2) is 348 Å². The van der Waals surface area contributed by atoms with Crippen LogP contribution < -0.4 is 0 Å². The number of aliphatic hydroxyl groups excluding tert-OH is 18. The molecule has 0 aromatic rings. The van der Waals surface area contributed by atoms with Crippen molar-refractivity contribution < 1.29 is 217 Å². The largest absolute Gasteiger partial charge is 0.870 e. The molecule has 43 nitrogen and oxygen atoms in total. The molecule has 454 valence electrons. The Morgan fingerprint density at radius 3 is 0.867 bits per heavy atom. The highest BCUT2D eigenvalue weighted by Crippen LogP contribution is 2.03. The summed E-state index contributed by atoms with van der Waals surface area (Å²) < 4.78 is 0. The molecule has 0 spiro atoms. The number of carboxylic acid groups (broad SMARTS) is 8. The van der Waals surface area contributed by atoms with Crippen molar-refractivity contribution in [2.24, 2.45) is 0 Å². The number of carbonyl (C=O) groups excluding carboxylic acids is 5. The number of aliphatic carboxylic acids is 7. The Bertz CT molecular complexity index is 1360. The van der Waals surface area contributed by atoms with E-state index >= 15 is 0 Å². The summed E-state index contributed by atoms with van der Waals surface area (Å²) in [5.74, 6) is -12.5. The van der Waals surface area contributed by atoms with E-state index in [-0.39, 0.29) is 41.3 Å². The Morgan fingerprint density at radius 1 is 0.480 bits per heavy atom. The summed E-state index contributed by atoms with van der Waals surface area (Å²) in [5, 5.41) is 209. The van der Waals surface area contributed by atoms with Crippen molar-refractivity contribution in [3.8, 4) is 0 Å². The van der Waals surface area contributed by atoms with Gasteiger partial charge in [0.25, 0.3) is 6.47 Å². The minimum Gasteiger partial charge on any atom is -0.870 e. The van der Waals surface area contributed by atoms with Crippen molar-refractivity contribution in [2.45, 2.75) is 68.0 Å². The van der Waals surface area contributed by atoms with Gasteiger partial charge in [-0.05, 0) is 6.92 Å². The molecule has 0 aliphatic carbocycles. The van der Waals surface area contributed by atoms with Gasteiger partial charge in [0.15, 0.2) is 24.0 Å². The second-order valence-electron chi connectivity index (χ2n) is 10.3. The Balaban J connectivity index is -0.0000000415. The quantitative estimate of drug-likeness (QED) is 0.0324. The Labute approximate surface area is 417 Å². The van der Waals surface area contributed by atoms with Gasteiger partial charge in [-0.2, -0.15) is 0 Å². The summed E-state index contributed by atoms with van der Waals surface area (Å²) >= 11 is 0. The predicted molar refractivity (Wildman–Crippen MR) is 227 cm³/mol. The van der Waals surface area contributed by atoms with E-state index in [0.717, 1.165) is 0 Å². The Kier molecular flexibility index (Phi) is 114. The fourth-order valence-electron chi connectivity index (χ4n) is 1.45. The molecular formula is C32H67O43-. The summed E-state index contributed by atoms with van der Waals surface area (Å²) in [6.45, 7) is -2.48. The molecule has 0 aromatic heterocycles. The molecule has 43 heteroatoms. The minimum atomic E-state index is -2.30. The highest BCUT2D eigenvalue weighted by Gasteiger charge is 2.30. The van der Waals surface area contributed by atoms with Crippen LogP contribution in [0.15, 0.2) is 0 Å². The van der Waals surface area contributed by atoms with Crippen LogP contribution >= 0.6 is 0 Å². The monoisotopic (exact) mass is 1140 g/mol. The van der Waals surface area contributed by atoms with Gasteiger partial charge in [0, 0.05) is 0 Å². The van der Waals surface area contributed by atoms with Gasteiger partial charge >= 0.3 is 41.8 Å². The van der Waals surface area contributed by atoms with Crippen molar-refractivity contribution >= 4 is 79.2 Å². The highest BCUT2D eigenvalue weighted by molar-refractivity contribution is 6.27. The fourth-order valence-corrected chi connectivity index (χ4v) is 1.45. The van der Waals surface area contributed by atoms with E-state index in [9.17, 15) is 33.6 Å². The van der Waals surface area contributed by atoms with Crippen molar-refractivity contribution in [1.29, 1.82) is 0 Å². The molecule has 0 fully saturated rings. The van der Waals surface area contributed by atoms with Crippen molar-refractivity contribution in [3.05, 3.63) is 0 Å². The van der Waals surface area contributed by atoms with Crippen LogP contribution in [0.1, 0.15) is 6.92 Å². The summed E-state index contributed by atoms with van der Waals surface area (Å²) in [7, 11) is 0. The number of aldehydes is 2. The van der Waals surface area contributed by atoms with E-state index in [1.165, 1.54) is 6.92 Å². The molecule has 0 rings (SSSR count). The lowest BCUT2D eigenvalue weighted by atomic mass is 10.0. The van der Waals surface area contributed by atoms with E-state index in [0.29, 0.717) is 6.29 Å². The maximum Gasteiger partial charge on any atom is 0.414 e. The van der Waals surface area contributed by atoms with E-state index in [2.05, 4.69) is 0 Å². The van der Waals surface area contributed by atoms with Gasteiger partial charge < -0.3 is 169 Å². The number of Topliss-reactive ketones (excluding diaryl/α,β-unsaturated/α-hetero) is 2. The zero-order valence-corrected chi connectivity index (χ0v) is 38.3. The van der Waals surface area contributed by atoms with Gasteiger partial charge in [-0.15, -0.1) is 0 Å². The van der Waals surface area contributed by atoms with Gasteiger partial charge in [-0.3, -0.25) is 14.4 Å². The molecule has 9 unspecified atom stereocenters. The van der Waals surface area contributed by atoms with E-state index in [1.807, 2.05) is 6.79 Å². The molecule has 9 atom stereocenters. The van der Waals surface area contributed by atoms with E-state index < -0.39 is 161 Å². The first kappa shape index (κ1) is 109. The van der Waals surface area contributed by atoms with Crippen molar-refractivity contribution in [3.63, 3.8) is 0 Å². The van der Waals surface area contributed by atoms with Gasteiger partial charge in [-0.25, -0.2) is 33.6 Å². The summed E-state index contributed by atoms with van der Waals surface area (Å²) in [5.41, 5.74) is 0. The lowest BCUT2D eigenvalue weighted by Crippen LogP contribution is -2.46. The molecule has 0 heterocycles. The number of carbonyl (C=O) groups is 13. The number of hydrogen-bond acceptors (Lipinski definition) is 32. The molecule has 0 bridgehead atoms. The highest BCUT2D eigenvalue weighted by atomic mass is 16.5. The molecular weight excluding hydrogens is 1070 g/mol. The summed E-state index contributed by atoms with van der Waals surface area (Å²) in [4.78, 5) is 121. The Hall–Kier alpha value is -6.77. The molecule has 0 aliphatic rings. The van der Waals surface area contributed by atoms with Crippen LogP contribution in [0.2, 0.25) is 0 Å². The van der Waals surface area contributed by atoms with Crippen LogP contribution in [-0.2, 0) is 62.3 Å². The second kappa shape index (κ2) is 78.7. The molecule has 0 amide bonds. The topological polar surface area (TPSA) is 872 Å². The average Bonchev–Trinajstić information content (AvgIpc) is 3.35. The van der Waals surface area contributed by atoms with E-state index in [4.69, 9.17) is 162 Å². The Morgan fingerprint density at radius 2 is 0.760 bits per heavy atom. The zero-order chi connectivity index (χ0) is 59.7. The second-order valence-corrected chi connectivity index (χ2v) is 10.3. The predicted octanol–water partition coefficient (Wildman–Crippen LogP) is -17.6. The van der Waals surface area contributed by atoms with Gasteiger partial charge in [-0.1, -0.05) is 0 Å². The van der Waals surface area contributed by atoms with Crippen molar-refractivity contribution in [1.82, 2.24) is 0 Å². The number of hydrogen-bond donors (Lipinski definition) is 26. The lowest BCUT2D eigenvalue weighted by Gasteiger charge is -2.22. The maximum absolute atomic E-state index is 10.5. The fraction of sp³-hybridized carbons (Fsp3) is 0.594. The molecule has 75 heavy (non-hydrogen) atoms. The summed E-state index contributed by atoms with van der Waals surface area (Å²) in [6.07, 6.45) is -16.8. The molecule has 0 aromatic carbocycles. The SMILES string of the molecule is C=O.CC(O)C(=O)O.O.O.O.O=C(CO)C(O)C(O)C(O)CO.O=C(CO)CO.O=C(O)C(=O)O.O=C(O)C(O)C(=O)O.O=C(O)C(O)CO.O=C(O)CO.O=CC(O)C(O)C(O)C(O)CO.O=CCO.O=CO.[OH-]. The third-order valence-electron chi connectivity index (χ3n) is 4.84. The summed E-state index contributed by atoms with van der Waals surface area (Å²) in [6, 6.07) is 0. The number of aliphatic hydroxyl groups is 18. The zero-order valence-electron chi connectivity index (χ0n) is 38.3. The van der Waals surface area contributed by atoms with Gasteiger partial charge in [0.2, 0.25) is 6.10 Å². The van der Waals surface area contributed by atoms with Gasteiger partial charge in [0.05, 0.1) is 26.4 Å². The standard InChI is InChI=1S/2C6H12O6.C3H4O5.C3H6O4.2C3H6O3.C2H2O4.C2H4O3.C2H4O2.CH2O2.CH2O.4H2O/c2*7-1-3(9)5(11)6(12)4(10)2-8;4-1(2(5)6)3(7)8;4-1-2(5)3(6)7;4-1-3(6)2-5;1-2(4)3(5)6;3-1(4)2(5)6;3-1-2(4)5;3-1-2-4;2-1-3;1-2;;;;/h3,5-9,11-12H,1-2H2;1,3-6,8-12H,2H2;1,4H,(H,5,6)(H,7,8);2,4-5H,1H2,(H,6,7);4-5H,1-2H2;2,4H,1H3,(H,5,6);(H,3,4)(H,5,6);3H,1H2,(H,4,5);1,4H,2H2;1H,(H,2,3);1H2;4*1H2/p-1. The van der Waals surface area contributed by atoms with Crippen LogP contribution in [0.4, 0.5) is 0 Å². The van der Waals surface area contributed by atoms with Crippen LogP contribution in [0, 0.1) is 0 Å². The van der Waals surface area contributed by atoms with Crippen LogP contribution in [0.25, 0.3) is 0 Å². The first-order chi connectivity index (χ1) is 32.5. The van der Waals surface area contributed by atoms with Gasteiger partial charge in [0.1, 0.15) is 88.3 Å². The lowest BCUT2D eigenvalue weighted by molar-refractivity contribution is -0.161. The van der Waals surface area contributed by atoms with Crippen LogP contribution in [0.5, 0.6) is 0 Å². The molecule has 0 saturated carbocycles. The first-order valence-corrected chi connectivity index (χ1v) is 17.1. The van der Waals surface area contributed by atoms with Crippen LogP contribution in [0.3, 0.4) is 0 Å². The van der Waals surface area contributed by atoms with E-state index in [1.54, 1.807) is 0 Å². The first-order valence-electron chi connectivity index (χ1n) is 17.1. The minimum absolute atomic E-state index is 0. The smallest absolute Gasteiger partial charge is 0.414 e. The van der Waals surface area contributed by atoms with Crippen molar-refractivity contribution in [2.75, 3.05) is 52.9 Å². The third kappa shape index (κ3) is 97.3. The number of rotatable bonds is 19. The maximum atomic E-state index is 10.5. The normalized spacial score (nSPS) is 11.9. The molecule has 33 N–H and O–H groups in total. The molecule has 0 radical (unpaired) electrons. The third-order valence-corrected chi connectivity index (χ3v) is 4.84. The molecule has 0 aliphatic heterocycles. The average molecular weight is 1140 g/mol. The molecule has 0 saturated heterocycles.